The first-order chi connectivity index (χ1) is 14.1. The minimum absolute atomic E-state index is 0.0312. The van der Waals surface area contributed by atoms with Crippen molar-refractivity contribution >= 4 is 5.91 Å². The third kappa shape index (κ3) is 3.33. The average Bonchev–Trinajstić information content (AvgIpc) is 3.46. The predicted molar refractivity (Wildman–Crippen MR) is 103 cm³/mol. The van der Waals surface area contributed by atoms with Gasteiger partial charge in [0.05, 0.1) is 11.6 Å². The summed E-state index contributed by atoms with van der Waals surface area (Å²) in [5.74, 6) is 1.67. The van der Waals surface area contributed by atoms with Crippen molar-refractivity contribution in [3.8, 4) is 0 Å². The second-order valence-electron chi connectivity index (χ2n) is 8.13. The first kappa shape index (κ1) is 18.1. The van der Waals surface area contributed by atoms with Crippen molar-refractivity contribution in [2.45, 2.75) is 37.8 Å². The maximum absolute atomic E-state index is 12.4. The number of likely N-dealkylation sites (tertiary alicyclic amines) is 1. The van der Waals surface area contributed by atoms with E-state index in [9.17, 15) is 4.79 Å². The molecule has 1 amide bonds. The smallest absolute Gasteiger partial charge is 0.288 e. The molecule has 3 heterocycles. The van der Waals surface area contributed by atoms with Gasteiger partial charge in [-0.15, -0.1) is 0 Å². The van der Waals surface area contributed by atoms with E-state index in [0.29, 0.717) is 17.6 Å². The lowest BCUT2D eigenvalue weighted by Crippen LogP contribution is -2.38. The molecule has 3 aromatic rings. The number of nitrogens with one attached hydrogen (secondary N) is 1. The van der Waals surface area contributed by atoms with Gasteiger partial charge in [-0.1, -0.05) is 35.5 Å². The van der Waals surface area contributed by atoms with Crippen molar-refractivity contribution in [3.05, 3.63) is 66.0 Å². The highest BCUT2D eigenvalue weighted by atomic mass is 16.5. The first-order valence-electron chi connectivity index (χ1n) is 9.89. The fourth-order valence-corrected chi connectivity index (χ4v) is 4.96. The van der Waals surface area contributed by atoms with Crippen molar-refractivity contribution in [1.29, 1.82) is 0 Å². The number of rotatable bonds is 5. The molecule has 0 radical (unpaired) electrons. The summed E-state index contributed by atoms with van der Waals surface area (Å²) >= 11 is 0. The topological polar surface area (TPSA) is 97.3 Å². The monoisotopic (exact) mass is 393 g/mol. The average molecular weight is 393 g/mol. The number of nitrogens with zero attached hydrogens (tertiary/aromatic N) is 4. The number of fused-ring (bicyclic) bond motifs is 1. The zero-order valence-electron chi connectivity index (χ0n) is 16.2. The maximum Gasteiger partial charge on any atom is 0.288 e. The van der Waals surface area contributed by atoms with E-state index in [1.165, 1.54) is 18.2 Å². The van der Waals surface area contributed by atoms with Gasteiger partial charge in [-0.3, -0.25) is 9.69 Å². The Balaban J connectivity index is 1.36. The lowest BCUT2D eigenvalue weighted by Gasteiger charge is -2.25. The van der Waals surface area contributed by atoms with Crippen LogP contribution in [-0.4, -0.2) is 45.1 Å². The van der Waals surface area contributed by atoms with E-state index in [4.69, 9.17) is 8.94 Å². The van der Waals surface area contributed by atoms with E-state index in [2.05, 4.69) is 49.6 Å². The second kappa shape index (κ2) is 7.11. The summed E-state index contributed by atoms with van der Waals surface area (Å²) in [7, 11) is 0. The van der Waals surface area contributed by atoms with Crippen LogP contribution in [0, 0.1) is 12.8 Å². The highest BCUT2D eigenvalue weighted by Crippen LogP contribution is 2.50. The Hall–Kier alpha value is -3.00. The molecule has 0 bridgehead atoms. The molecule has 8 heteroatoms. The van der Waals surface area contributed by atoms with Gasteiger partial charge in [-0.25, -0.2) is 4.98 Å². The Morgan fingerprint density at radius 3 is 2.93 bits per heavy atom. The predicted octanol–water partition coefficient (Wildman–Crippen LogP) is 2.33. The van der Waals surface area contributed by atoms with E-state index in [1.807, 2.05) is 13.0 Å². The number of carbonyl (C=O) groups is 1. The van der Waals surface area contributed by atoms with Crippen LogP contribution in [0.15, 0.2) is 51.9 Å². The highest BCUT2D eigenvalue weighted by molar-refractivity contribution is 5.91. The number of hydrogen-bond donors (Lipinski definition) is 1. The van der Waals surface area contributed by atoms with Crippen LogP contribution in [0.1, 0.15) is 40.7 Å². The molecule has 8 nitrogen and oxygen atoms in total. The van der Waals surface area contributed by atoms with Gasteiger partial charge in [0.1, 0.15) is 0 Å². The van der Waals surface area contributed by atoms with E-state index in [1.54, 1.807) is 0 Å². The van der Waals surface area contributed by atoms with Crippen LogP contribution in [0.4, 0.5) is 0 Å². The summed E-state index contributed by atoms with van der Waals surface area (Å²) in [5, 5.41) is 7.13. The normalized spacial score (nSPS) is 26.5. The molecule has 1 aromatic carbocycles. The van der Waals surface area contributed by atoms with Gasteiger partial charge in [0.25, 0.3) is 5.91 Å². The van der Waals surface area contributed by atoms with Gasteiger partial charge in [0.15, 0.2) is 12.2 Å². The molecular formula is C21H23N5O3. The summed E-state index contributed by atoms with van der Waals surface area (Å²) in [5.41, 5.74) is 1.05. The number of benzene rings is 1. The lowest BCUT2D eigenvalue weighted by atomic mass is 9.80. The molecule has 1 aliphatic carbocycles. The van der Waals surface area contributed by atoms with Crippen molar-refractivity contribution in [1.82, 2.24) is 25.3 Å². The number of aryl methyl sites for hydroxylation is 1. The molecule has 1 saturated heterocycles. The third-order valence-electron chi connectivity index (χ3n) is 6.14. The Bertz CT molecular complexity index is 987. The summed E-state index contributed by atoms with van der Waals surface area (Å²) in [6, 6.07) is 10.5. The molecule has 2 fully saturated rings. The standard InChI is InChI=1S/C21H23N5O3/c1-14-23-20(29-25-14)21-8-17(24-19(27)18-9-22-13-28-18)7-16(21)11-26(12-21)10-15-5-3-2-4-6-15/h2-6,9,13,16-17H,7-8,10-12H2,1H3,(H,24,27). The van der Waals surface area contributed by atoms with Crippen LogP contribution in [-0.2, 0) is 12.0 Å². The number of hydrogen-bond acceptors (Lipinski definition) is 7. The SMILES string of the molecule is Cc1noc(C23CC(NC(=O)c4cnco4)CC2CN(Cc2ccccc2)C3)n1. The maximum atomic E-state index is 12.4. The van der Waals surface area contributed by atoms with E-state index in [0.717, 1.165) is 32.5 Å². The molecule has 1 saturated carbocycles. The van der Waals surface area contributed by atoms with Gasteiger partial charge in [0, 0.05) is 25.7 Å². The Morgan fingerprint density at radius 2 is 2.21 bits per heavy atom. The van der Waals surface area contributed by atoms with E-state index >= 15 is 0 Å². The minimum atomic E-state index is -0.241. The van der Waals surface area contributed by atoms with Crippen LogP contribution in [0.5, 0.6) is 0 Å². The Labute approximate surface area is 168 Å². The molecule has 29 heavy (non-hydrogen) atoms. The summed E-state index contributed by atoms with van der Waals surface area (Å²) in [4.78, 5) is 23.3. The Kier molecular flexibility index (Phi) is 4.43. The van der Waals surface area contributed by atoms with Crippen LogP contribution in [0.2, 0.25) is 0 Å². The van der Waals surface area contributed by atoms with Gasteiger partial charge in [0.2, 0.25) is 11.7 Å². The fraction of sp³-hybridized carbons (Fsp3) is 0.429. The highest BCUT2D eigenvalue weighted by Gasteiger charge is 2.57. The molecule has 2 aromatic heterocycles. The first-order valence-corrected chi connectivity index (χ1v) is 9.89. The number of aromatic nitrogens is 3. The van der Waals surface area contributed by atoms with Gasteiger partial charge < -0.3 is 14.3 Å². The molecule has 2 aliphatic rings. The minimum Gasteiger partial charge on any atom is -0.438 e. The molecule has 3 unspecified atom stereocenters. The zero-order valence-corrected chi connectivity index (χ0v) is 16.2. The van der Waals surface area contributed by atoms with Crippen molar-refractivity contribution < 1.29 is 13.7 Å². The number of amides is 1. The van der Waals surface area contributed by atoms with E-state index in [-0.39, 0.29) is 23.1 Å². The summed E-state index contributed by atoms with van der Waals surface area (Å²) in [6.45, 7) is 4.50. The summed E-state index contributed by atoms with van der Waals surface area (Å²) < 4.78 is 10.8. The molecule has 1 N–H and O–H groups in total. The third-order valence-corrected chi connectivity index (χ3v) is 6.14. The number of oxazole rings is 1. The second-order valence-corrected chi connectivity index (χ2v) is 8.13. The molecule has 0 spiro atoms. The summed E-state index contributed by atoms with van der Waals surface area (Å²) in [6.07, 6.45) is 4.34. The van der Waals surface area contributed by atoms with Crippen molar-refractivity contribution in [2.75, 3.05) is 13.1 Å². The van der Waals surface area contributed by atoms with E-state index < -0.39 is 0 Å². The van der Waals surface area contributed by atoms with Crippen molar-refractivity contribution in [2.24, 2.45) is 5.92 Å². The quantitative estimate of drug-likeness (QED) is 0.710. The van der Waals surface area contributed by atoms with Crippen LogP contribution < -0.4 is 5.32 Å². The molecule has 3 atom stereocenters. The van der Waals surface area contributed by atoms with Crippen LogP contribution in [0.3, 0.4) is 0 Å². The lowest BCUT2D eigenvalue weighted by molar-refractivity contribution is 0.0906. The van der Waals surface area contributed by atoms with Gasteiger partial charge in [-0.05, 0) is 31.2 Å². The fourth-order valence-electron chi connectivity index (χ4n) is 4.96. The molecule has 150 valence electrons. The van der Waals surface area contributed by atoms with Crippen LogP contribution >= 0.6 is 0 Å². The number of carbonyl (C=O) groups excluding carboxylic acids is 1. The van der Waals surface area contributed by atoms with Gasteiger partial charge >= 0.3 is 0 Å². The molecular weight excluding hydrogens is 370 g/mol. The van der Waals surface area contributed by atoms with Crippen LogP contribution in [0.25, 0.3) is 0 Å². The zero-order chi connectivity index (χ0) is 19.8. The Morgan fingerprint density at radius 1 is 1.34 bits per heavy atom. The molecule has 1 aliphatic heterocycles. The van der Waals surface area contributed by atoms with Crippen molar-refractivity contribution in [3.63, 3.8) is 0 Å². The molecule has 5 rings (SSSR count). The van der Waals surface area contributed by atoms with Gasteiger partial charge in [-0.2, -0.15) is 4.98 Å². The largest absolute Gasteiger partial charge is 0.438 e.